The third-order valence-electron chi connectivity index (χ3n) is 4.20. The molecular formula is C16H13ClF3N3O3. The number of halogens is 4. The van der Waals surface area contributed by atoms with Gasteiger partial charge in [0, 0.05) is 13.1 Å². The Kier molecular flexibility index (Phi) is 4.66. The zero-order valence-corrected chi connectivity index (χ0v) is 14.0. The fraction of sp³-hybridized carbons (Fsp3) is 0.312. The molecule has 2 aromatic rings. The summed E-state index contributed by atoms with van der Waals surface area (Å²) in [6.45, 7) is 0.578. The minimum Gasteiger partial charge on any atom is -0.481 e. The van der Waals surface area contributed by atoms with Gasteiger partial charge in [-0.15, -0.1) is 0 Å². The largest absolute Gasteiger partial charge is 0.481 e. The summed E-state index contributed by atoms with van der Waals surface area (Å²) in [6.07, 6.45) is -2.89. The van der Waals surface area contributed by atoms with E-state index in [1.54, 1.807) is 4.90 Å². The zero-order chi connectivity index (χ0) is 19.1. The second-order valence-electron chi connectivity index (χ2n) is 5.88. The van der Waals surface area contributed by atoms with Crippen LogP contribution in [-0.4, -0.2) is 33.9 Å². The van der Waals surface area contributed by atoms with Gasteiger partial charge in [0.15, 0.2) is 0 Å². The minimum atomic E-state index is -4.55. The topological polar surface area (TPSA) is 75.4 Å². The van der Waals surface area contributed by atoms with Crippen LogP contribution < -0.4 is 10.5 Å². The number of carboxylic acids is 1. The number of alkyl halides is 3. The van der Waals surface area contributed by atoms with E-state index < -0.39 is 29.2 Å². The average Bonchev–Trinajstić information content (AvgIpc) is 3.07. The number of benzene rings is 1. The van der Waals surface area contributed by atoms with Gasteiger partial charge in [0.25, 0.3) is 5.56 Å². The highest BCUT2D eigenvalue weighted by Crippen LogP contribution is 2.31. The smallest absolute Gasteiger partial charge is 0.416 e. The van der Waals surface area contributed by atoms with Crippen molar-refractivity contribution >= 4 is 23.3 Å². The van der Waals surface area contributed by atoms with Crippen LogP contribution in [0.4, 0.5) is 18.9 Å². The van der Waals surface area contributed by atoms with Gasteiger partial charge in [-0.05, 0) is 24.6 Å². The summed E-state index contributed by atoms with van der Waals surface area (Å²) in [5.74, 6) is -1.51. The van der Waals surface area contributed by atoms with Crippen molar-refractivity contribution in [1.82, 2.24) is 9.78 Å². The van der Waals surface area contributed by atoms with Gasteiger partial charge in [0.05, 0.1) is 29.1 Å². The first-order valence-electron chi connectivity index (χ1n) is 7.61. The maximum absolute atomic E-state index is 12.8. The molecule has 0 spiro atoms. The van der Waals surface area contributed by atoms with Gasteiger partial charge in [-0.1, -0.05) is 17.7 Å². The van der Waals surface area contributed by atoms with Crippen LogP contribution in [-0.2, 0) is 11.0 Å². The first-order valence-corrected chi connectivity index (χ1v) is 7.99. The molecule has 26 heavy (non-hydrogen) atoms. The van der Waals surface area contributed by atoms with Crippen molar-refractivity contribution < 1.29 is 23.1 Å². The molecule has 1 atom stereocenters. The van der Waals surface area contributed by atoms with E-state index in [1.807, 2.05) is 0 Å². The Morgan fingerprint density at radius 1 is 1.35 bits per heavy atom. The third kappa shape index (κ3) is 3.39. The summed E-state index contributed by atoms with van der Waals surface area (Å²) in [6, 6.07) is 4.18. The van der Waals surface area contributed by atoms with Crippen LogP contribution in [0.1, 0.15) is 12.0 Å². The Bertz CT molecular complexity index is 914. The first-order chi connectivity index (χ1) is 12.2. The lowest BCUT2D eigenvalue weighted by atomic mass is 10.1. The molecule has 6 nitrogen and oxygen atoms in total. The van der Waals surface area contributed by atoms with Crippen LogP contribution in [0.15, 0.2) is 35.3 Å². The van der Waals surface area contributed by atoms with Crippen molar-refractivity contribution in [3.63, 3.8) is 0 Å². The quantitative estimate of drug-likeness (QED) is 0.876. The molecule has 1 saturated heterocycles. The number of hydrogen-bond acceptors (Lipinski definition) is 4. The van der Waals surface area contributed by atoms with Crippen molar-refractivity contribution in [2.45, 2.75) is 12.6 Å². The SMILES string of the molecule is O=C(O)C1CCN(c2cnn(-c3cccc(C(F)(F)F)c3)c(=O)c2Cl)C1. The third-order valence-corrected chi connectivity index (χ3v) is 4.55. The van der Waals surface area contributed by atoms with E-state index >= 15 is 0 Å². The second-order valence-corrected chi connectivity index (χ2v) is 6.26. The number of hydrogen-bond donors (Lipinski definition) is 1. The number of carboxylic acid groups (broad SMARTS) is 1. The van der Waals surface area contributed by atoms with Crippen LogP contribution in [0.5, 0.6) is 0 Å². The van der Waals surface area contributed by atoms with Crippen molar-refractivity contribution in [3.8, 4) is 5.69 Å². The molecule has 138 valence electrons. The highest BCUT2D eigenvalue weighted by molar-refractivity contribution is 6.33. The highest BCUT2D eigenvalue weighted by atomic mass is 35.5. The van der Waals surface area contributed by atoms with Gasteiger partial charge < -0.3 is 10.0 Å². The van der Waals surface area contributed by atoms with E-state index in [9.17, 15) is 22.8 Å². The molecule has 0 amide bonds. The number of aromatic nitrogens is 2. The van der Waals surface area contributed by atoms with Gasteiger partial charge in [-0.3, -0.25) is 9.59 Å². The number of nitrogens with zero attached hydrogens (tertiary/aromatic N) is 3. The van der Waals surface area contributed by atoms with Gasteiger partial charge in [-0.2, -0.15) is 23.0 Å². The molecule has 2 heterocycles. The van der Waals surface area contributed by atoms with E-state index in [2.05, 4.69) is 5.10 Å². The van der Waals surface area contributed by atoms with Crippen LogP contribution in [0.25, 0.3) is 5.69 Å². The van der Waals surface area contributed by atoms with Gasteiger partial charge in [0.2, 0.25) is 0 Å². The number of rotatable bonds is 3. The molecule has 1 unspecified atom stereocenters. The van der Waals surface area contributed by atoms with E-state index in [1.165, 1.54) is 18.3 Å². The van der Waals surface area contributed by atoms with E-state index in [-0.39, 0.29) is 22.9 Å². The van der Waals surface area contributed by atoms with Gasteiger partial charge in [-0.25, -0.2) is 0 Å². The summed E-state index contributed by atoms with van der Waals surface area (Å²) in [5, 5.41) is 12.7. The Morgan fingerprint density at radius 2 is 2.08 bits per heavy atom. The Labute approximate surface area is 150 Å². The lowest BCUT2D eigenvalue weighted by molar-refractivity contribution is -0.141. The van der Waals surface area contributed by atoms with Crippen molar-refractivity contribution in [2.75, 3.05) is 18.0 Å². The number of carbonyl (C=O) groups is 1. The fourth-order valence-electron chi connectivity index (χ4n) is 2.82. The summed E-state index contributed by atoms with van der Waals surface area (Å²) in [4.78, 5) is 25.1. The van der Waals surface area contributed by atoms with Crippen LogP contribution in [0.3, 0.4) is 0 Å². The second kappa shape index (κ2) is 6.64. The van der Waals surface area contributed by atoms with Crippen molar-refractivity contribution in [1.29, 1.82) is 0 Å². The fourth-order valence-corrected chi connectivity index (χ4v) is 3.07. The molecule has 1 fully saturated rings. The maximum Gasteiger partial charge on any atom is 0.416 e. The Balaban J connectivity index is 1.97. The molecule has 0 aliphatic carbocycles. The maximum atomic E-state index is 12.8. The molecule has 0 bridgehead atoms. The zero-order valence-electron chi connectivity index (χ0n) is 13.2. The first kappa shape index (κ1) is 18.2. The monoisotopic (exact) mass is 387 g/mol. The Morgan fingerprint density at radius 3 is 2.69 bits per heavy atom. The number of anilines is 1. The predicted molar refractivity (Wildman–Crippen MR) is 87.8 cm³/mol. The molecule has 1 aliphatic heterocycles. The highest BCUT2D eigenvalue weighted by Gasteiger charge is 2.32. The lowest BCUT2D eigenvalue weighted by Crippen LogP contribution is -2.28. The molecule has 0 saturated carbocycles. The molecule has 0 radical (unpaired) electrons. The minimum absolute atomic E-state index is 0.0666. The van der Waals surface area contributed by atoms with Crippen molar-refractivity contribution in [3.05, 3.63) is 51.4 Å². The summed E-state index contributed by atoms with van der Waals surface area (Å²) in [5.41, 5.74) is -1.48. The van der Waals surface area contributed by atoms with Crippen molar-refractivity contribution in [2.24, 2.45) is 5.92 Å². The Hall–Kier alpha value is -2.55. The molecular weight excluding hydrogens is 375 g/mol. The molecule has 1 aliphatic rings. The summed E-state index contributed by atoms with van der Waals surface area (Å²) < 4.78 is 39.3. The standard InChI is InChI=1S/C16H13ClF3N3O3/c17-13-12(22-5-4-9(8-22)15(25)26)7-21-23(14(13)24)11-3-1-2-10(6-11)16(18,19)20/h1-3,6-7,9H,4-5,8H2,(H,25,26). The van der Waals surface area contributed by atoms with E-state index in [4.69, 9.17) is 16.7 Å². The average molecular weight is 388 g/mol. The van der Waals surface area contributed by atoms with E-state index in [0.29, 0.717) is 13.0 Å². The molecule has 1 aromatic carbocycles. The molecule has 3 rings (SSSR count). The number of aliphatic carboxylic acids is 1. The van der Waals surface area contributed by atoms with Crippen LogP contribution in [0, 0.1) is 5.92 Å². The lowest BCUT2D eigenvalue weighted by Gasteiger charge is -2.19. The summed E-state index contributed by atoms with van der Waals surface area (Å²) in [7, 11) is 0. The summed E-state index contributed by atoms with van der Waals surface area (Å²) >= 11 is 6.10. The molecule has 10 heteroatoms. The van der Waals surface area contributed by atoms with Crippen LogP contribution in [0.2, 0.25) is 5.02 Å². The molecule has 1 N–H and O–H groups in total. The van der Waals surface area contributed by atoms with Crippen LogP contribution >= 0.6 is 11.6 Å². The van der Waals surface area contributed by atoms with Gasteiger partial charge in [0.1, 0.15) is 5.02 Å². The molecule has 1 aromatic heterocycles. The normalized spacial score (nSPS) is 17.5. The predicted octanol–water partition coefficient (Wildman–Crippen LogP) is 2.82. The van der Waals surface area contributed by atoms with Gasteiger partial charge >= 0.3 is 12.1 Å². The van der Waals surface area contributed by atoms with E-state index in [0.717, 1.165) is 16.8 Å².